The van der Waals surface area contributed by atoms with E-state index in [4.69, 9.17) is 51.1 Å². The van der Waals surface area contributed by atoms with Crippen molar-refractivity contribution < 1.29 is 9.53 Å². The first kappa shape index (κ1) is 17.2. The summed E-state index contributed by atoms with van der Waals surface area (Å²) >= 11 is 23.9. The van der Waals surface area contributed by atoms with Crippen LogP contribution in [0.25, 0.3) is 0 Å². The third kappa shape index (κ3) is 4.20. The summed E-state index contributed by atoms with van der Waals surface area (Å²) in [6, 6.07) is 8.17. The van der Waals surface area contributed by atoms with E-state index in [-0.39, 0.29) is 6.61 Å². The minimum atomic E-state index is -0.402. The first-order valence-electron chi connectivity index (χ1n) is 6.21. The van der Waals surface area contributed by atoms with Crippen LogP contribution in [0.2, 0.25) is 20.1 Å². The highest BCUT2D eigenvalue weighted by Gasteiger charge is 2.13. The molecule has 0 saturated carbocycles. The van der Waals surface area contributed by atoms with E-state index in [9.17, 15) is 4.79 Å². The number of carbonyl (C=O) groups excluding carboxylic acids is 1. The fourth-order valence-electron chi connectivity index (χ4n) is 1.68. The number of nitrogens with one attached hydrogen (secondary N) is 1. The molecule has 2 aromatic rings. The van der Waals surface area contributed by atoms with E-state index < -0.39 is 5.91 Å². The van der Waals surface area contributed by atoms with Crippen LogP contribution in [0, 0.1) is 6.92 Å². The minimum absolute atomic E-state index is 0.234. The van der Waals surface area contributed by atoms with Gasteiger partial charge >= 0.3 is 0 Å². The lowest BCUT2D eigenvalue weighted by atomic mass is 10.2. The van der Waals surface area contributed by atoms with Gasteiger partial charge in [0.25, 0.3) is 5.91 Å². The van der Waals surface area contributed by atoms with Crippen molar-refractivity contribution in [2.24, 2.45) is 0 Å². The van der Waals surface area contributed by atoms with Gasteiger partial charge in [0.1, 0.15) is 5.75 Å². The maximum absolute atomic E-state index is 12.0. The number of carbonyl (C=O) groups is 1. The van der Waals surface area contributed by atoms with Crippen LogP contribution in [0.15, 0.2) is 30.3 Å². The molecule has 0 heterocycles. The van der Waals surface area contributed by atoms with Crippen molar-refractivity contribution in [2.75, 3.05) is 11.9 Å². The maximum atomic E-state index is 12.0. The second kappa shape index (κ2) is 7.42. The molecule has 22 heavy (non-hydrogen) atoms. The summed E-state index contributed by atoms with van der Waals surface area (Å²) in [5.74, 6) is -0.0388. The molecule has 0 spiro atoms. The zero-order valence-electron chi connectivity index (χ0n) is 11.4. The van der Waals surface area contributed by atoms with Crippen LogP contribution in [0.5, 0.6) is 5.75 Å². The Morgan fingerprint density at radius 2 is 1.82 bits per heavy atom. The highest BCUT2D eigenvalue weighted by atomic mass is 35.5. The van der Waals surface area contributed by atoms with Gasteiger partial charge in [-0.2, -0.15) is 0 Å². The average Bonchev–Trinajstić information content (AvgIpc) is 2.47. The molecular weight excluding hydrogens is 368 g/mol. The van der Waals surface area contributed by atoms with Gasteiger partial charge in [-0.05, 0) is 36.8 Å². The number of aryl methyl sites for hydroxylation is 1. The second-order valence-corrected chi connectivity index (χ2v) is 6.09. The van der Waals surface area contributed by atoms with Gasteiger partial charge in [0.05, 0.1) is 20.8 Å². The molecule has 3 nitrogen and oxygen atoms in total. The Labute approximate surface area is 148 Å². The van der Waals surface area contributed by atoms with Gasteiger partial charge in [-0.1, -0.05) is 52.5 Å². The lowest BCUT2D eigenvalue weighted by Crippen LogP contribution is -2.20. The van der Waals surface area contributed by atoms with Crippen molar-refractivity contribution in [3.63, 3.8) is 0 Å². The van der Waals surface area contributed by atoms with Crippen LogP contribution < -0.4 is 10.1 Å². The molecule has 0 atom stereocenters. The predicted molar refractivity (Wildman–Crippen MR) is 91.8 cm³/mol. The third-order valence-electron chi connectivity index (χ3n) is 2.80. The molecule has 0 unspecified atom stereocenters. The molecule has 1 amide bonds. The topological polar surface area (TPSA) is 38.3 Å². The number of amides is 1. The predicted octanol–water partition coefficient (Wildman–Crippen LogP) is 5.63. The van der Waals surface area contributed by atoms with Crippen molar-refractivity contribution in [3.8, 4) is 5.75 Å². The molecule has 0 fully saturated rings. The van der Waals surface area contributed by atoms with Crippen LogP contribution in [-0.2, 0) is 4.79 Å². The molecule has 0 bridgehead atoms. The zero-order chi connectivity index (χ0) is 16.3. The highest BCUT2D eigenvalue weighted by Crippen LogP contribution is 2.33. The summed E-state index contributed by atoms with van der Waals surface area (Å²) in [7, 11) is 0. The molecule has 0 aliphatic rings. The van der Waals surface area contributed by atoms with E-state index in [2.05, 4.69) is 5.32 Å². The van der Waals surface area contributed by atoms with Gasteiger partial charge in [-0.25, -0.2) is 0 Å². The SMILES string of the molecule is Cc1ccc(Cl)c(NC(=O)COc2ccc(Cl)cc2Cl)c1Cl. The largest absolute Gasteiger partial charge is 0.482 e. The Balaban J connectivity index is 2.03. The summed E-state index contributed by atoms with van der Waals surface area (Å²) in [6.45, 7) is 1.58. The first-order chi connectivity index (χ1) is 10.4. The number of hydrogen-bond donors (Lipinski definition) is 1. The molecule has 0 radical (unpaired) electrons. The quantitative estimate of drug-likeness (QED) is 0.748. The van der Waals surface area contributed by atoms with Gasteiger partial charge < -0.3 is 10.1 Å². The van der Waals surface area contributed by atoms with E-state index in [0.29, 0.717) is 31.5 Å². The molecule has 2 rings (SSSR count). The summed E-state index contributed by atoms with van der Waals surface area (Å²) in [5.41, 5.74) is 1.17. The molecule has 0 saturated heterocycles. The van der Waals surface area contributed by atoms with E-state index in [0.717, 1.165) is 5.56 Å². The normalized spacial score (nSPS) is 10.4. The number of rotatable bonds is 4. The molecule has 116 valence electrons. The number of anilines is 1. The summed E-state index contributed by atoms with van der Waals surface area (Å²) < 4.78 is 5.35. The van der Waals surface area contributed by atoms with Gasteiger partial charge in [-0.3, -0.25) is 4.79 Å². The maximum Gasteiger partial charge on any atom is 0.262 e. The molecule has 0 aliphatic carbocycles. The third-order valence-corrected chi connectivity index (χ3v) is 4.13. The van der Waals surface area contributed by atoms with Gasteiger partial charge in [0.2, 0.25) is 0 Å². The van der Waals surface area contributed by atoms with Crippen molar-refractivity contribution >= 4 is 58.0 Å². The van der Waals surface area contributed by atoms with Crippen LogP contribution >= 0.6 is 46.4 Å². The molecular formula is C15H11Cl4NO2. The van der Waals surface area contributed by atoms with Crippen LogP contribution in [0.4, 0.5) is 5.69 Å². The van der Waals surface area contributed by atoms with Gasteiger partial charge in [-0.15, -0.1) is 0 Å². The standard InChI is InChI=1S/C15H11Cl4NO2/c1-8-2-4-10(17)15(14(8)19)20-13(21)7-22-12-5-3-9(16)6-11(12)18/h2-6H,7H2,1H3,(H,20,21). The Morgan fingerprint density at radius 3 is 2.50 bits per heavy atom. The summed E-state index contributed by atoms with van der Waals surface area (Å²) in [5, 5.41) is 4.18. The van der Waals surface area contributed by atoms with E-state index >= 15 is 0 Å². The van der Waals surface area contributed by atoms with Crippen molar-refractivity contribution in [1.82, 2.24) is 0 Å². The number of halogens is 4. The van der Waals surface area contributed by atoms with Crippen LogP contribution in [-0.4, -0.2) is 12.5 Å². The monoisotopic (exact) mass is 377 g/mol. The van der Waals surface area contributed by atoms with Crippen molar-refractivity contribution in [1.29, 1.82) is 0 Å². The Morgan fingerprint density at radius 1 is 1.09 bits per heavy atom. The minimum Gasteiger partial charge on any atom is -0.482 e. The summed E-state index contributed by atoms with van der Waals surface area (Å²) in [6.07, 6.45) is 0. The van der Waals surface area contributed by atoms with Crippen LogP contribution in [0.1, 0.15) is 5.56 Å². The van der Waals surface area contributed by atoms with Gasteiger partial charge in [0, 0.05) is 5.02 Å². The van der Waals surface area contributed by atoms with Gasteiger partial charge in [0.15, 0.2) is 6.61 Å². The lowest BCUT2D eigenvalue weighted by Gasteiger charge is -2.12. The Kier molecular flexibility index (Phi) is 5.81. The number of ether oxygens (including phenoxy) is 1. The van der Waals surface area contributed by atoms with Crippen molar-refractivity contribution in [2.45, 2.75) is 6.92 Å². The summed E-state index contributed by atoms with van der Waals surface area (Å²) in [4.78, 5) is 12.0. The smallest absolute Gasteiger partial charge is 0.262 e. The Bertz CT molecular complexity index is 719. The Hall–Kier alpha value is -1.13. The zero-order valence-corrected chi connectivity index (χ0v) is 14.4. The number of benzene rings is 2. The fourth-order valence-corrected chi connectivity index (χ4v) is 2.61. The highest BCUT2D eigenvalue weighted by molar-refractivity contribution is 6.40. The van der Waals surface area contributed by atoms with E-state index in [1.807, 2.05) is 6.92 Å². The van der Waals surface area contributed by atoms with Crippen molar-refractivity contribution in [3.05, 3.63) is 56.0 Å². The molecule has 1 N–H and O–H groups in total. The molecule has 2 aromatic carbocycles. The molecule has 7 heteroatoms. The fraction of sp³-hybridized carbons (Fsp3) is 0.133. The van der Waals surface area contributed by atoms with E-state index in [1.165, 1.54) is 6.07 Å². The number of hydrogen-bond acceptors (Lipinski definition) is 2. The lowest BCUT2D eigenvalue weighted by molar-refractivity contribution is -0.118. The first-order valence-corrected chi connectivity index (χ1v) is 7.72. The van der Waals surface area contributed by atoms with E-state index in [1.54, 1.807) is 24.3 Å². The molecule has 0 aromatic heterocycles. The molecule has 0 aliphatic heterocycles. The second-order valence-electron chi connectivity index (χ2n) is 4.46. The van der Waals surface area contributed by atoms with Crippen LogP contribution in [0.3, 0.4) is 0 Å². The average molecular weight is 379 g/mol.